The standard InChI is InChI=1S/C6H6O.Ce.O/c7-6-4-2-1-3-5-6;;/h1-5,7H;;. The van der Waals surface area contributed by atoms with Crippen LogP contribution >= 0.6 is 0 Å². The van der Waals surface area contributed by atoms with Gasteiger partial charge >= 0.3 is 40.7 Å². The molecule has 0 aliphatic rings. The van der Waals surface area contributed by atoms with Gasteiger partial charge in [0, 0.05) is 0 Å². The number of hydrogen-bond acceptors (Lipinski definition) is 2. The second-order valence-corrected chi connectivity index (χ2v) is 1.34. The molecule has 3 heteroatoms. The number of hydrogen-bond donors (Lipinski definition) is 1. The maximum atomic E-state index is 8.63. The van der Waals surface area contributed by atoms with Gasteiger partial charge in [0.05, 0.1) is 0 Å². The Bertz CT molecular complexity index is 152. The molecular formula is C6H6CeO2. The van der Waals surface area contributed by atoms with E-state index in [4.69, 9.17) is 6.04 Å². The average molecular weight is 250 g/mol. The summed E-state index contributed by atoms with van der Waals surface area (Å²) in [6.45, 7) is 0. The van der Waals surface area contributed by atoms with Crippen LogP contribution in [0.4, 0.5) is 0 Å². The molecular weight excluding hydrogens is 244 g/mol. The Hall–Kier alpha value is 0.197. The van der Waals surface area contributed by atoms with Crippen molar-refractivity contribution in [3.8, 4) is 5.75 Å². The van der Waals surface area contributed by atoms with E-state index in [2.05, 4.69) is 0 Å². The SMILES string of the molecule is Oc1ccccc1.[O]=[Ce]. The van der Waals surface area contributed by atoms with Crippen LogP contribution in [-0.2, 0) is 0.938 Å². The van der Waals surface area contributed by atoms with Gasteiger partial charge in [0.2, 0.25) is 0 Å². The summed E-state index contributed by atoms with van der Waals surface area (Å²) in [5.74, 6) is 0.322. The number of para-hydroxylation sites is 1. The minimum atomic E-state index is 0.0556. The molecule has 0 atom stereocenters. The van der Waals surface area contributed by atoms with Crippen LogP contribution in [0.2, 0.25) is 0 Å². The van der Waals surface area contributed by atoms with Crippen molar-refractivity contribution in [2.45, 2.75) is 0 Å². The molecule has 0 bridgehead atoms. The third-order valence-electron chi connectivity index (χ3n) is 0.756. The Morgan fingerprint density at radius 3 is 1.78 bits per heavy atom. The van der Waals surface area contributed by atoms with E-state index in [-0.39, 0.29) is 39.8 Å². The van der Waals surface area contributed by atoms with Gasteiger partial charge in [-0.3, -0.25) is 0 Å². The van der Waals surface area contributed by atoms with Crippen LogP contribution < -0.4 is 0 Å². The molecule has 0 aliphatic heterocycles. The molecule has 1 rings (SSSR count). The monoisotopic (exact) mass is 250 g/mol. The molecule has 1 aromatic carbocycles. The molecule has 0 heterocycles. The third-order valence-corrected chi connectivity index (χ3v) is 0.756. The van der Waals surface area contributed by atoms with Crippen molar-refractivity contribution in [3.05, 3.63) is 30.3 Å². The van der Waals surface area contributed by atoms with Crippen molar-refractivity contribution in [1.82, 2.24) is 0 Å². The van der Waals surface area contributed by atoms with Crippen molar-refractivity contribution >= 4 is 0 Å². The van der Waals surface area contributed by atoms with Crippen LogP contribution in [0, 0.1) is 39.8 Å². The first-order valence-corrected chi connectivity index (χ1v) is 3.62. The summed E-state index contributed by atoms with van der Waals surface area (Å²) < 4.78 is 8.39. The molecule has 0 aromatic heterocycles. The van der Waals surface area contributed by atoms with E-state index in [1.807, 2.05) is 6.07 Å². The van der Waals surface area contributed by atoms with Crippen molar-refractivity contribution in [2.75, 3.05) is 0 Å². The van der Waals surface area contributed by atoms with E-state index in [1.54, 1.807) is 24.3 Å². The summed E-state index contributed by atoms with van der Waals surface area (Å²) in [4.78, 5) is 0. The summed E-state index contributed by atoms with van der Waals surface area (Å²) in [6, 6.07) is 8.71. The summed E-state index contributed by atoms with van der Waals surface area (Å²) in [7, 11) is 0. The first-order chi connectivity index (χ1) is 4.39. The van der Waals surface area contributed by atoms with E-state index in [0.29, 0.717) is 5.75 Å². The molecule has 0 aliphatic carbocycles. The molecule has 0 amide bonds. The Morgan fingerprint density at radius 1 is 1.11 bits per heavy atom. The van der Waals surface area contributed by atoms with Gasteiger partial charge < -0.3 is 5.11 Å². The normalized spacial score (nSPS) is 7.00. The van der Waals surface area contributed by atoms with E-state index < -0.39 is 0 Å². The average Bonchev–Trinajstić information content (AvgIpc) is 1.94. The summed E-state index contributed by atoms with van der Waals surface area (Å²) >= 11 is 0.0556. The van der Waals surface area contributed by atoms with E-state index in [0.717, 1.165) is 0 Å². The topological polar surface area (TPSA) is 37.3 Å². The number of phenols is 1. The molecule has 2 nitrogen and oxygen atoms in total. The zero-order chi connectivity index (χ0) is 7.11. The molecule has 1 aromatic rings. The van der Waals surface area contributed by atoms with Gasteiger partial charge in [0.15, 0.2) is 0 Å². The molecule has 0 unspecified atom stereocenters. The predicted octanol–water partition coefficient (Wildman–Crippen LogP) is 1.27. The van der Waals surface area contributed by atoms with Crippen LogP contribution in [0.3, 0.4) is 0 Å². The van der Waals surface area contributed by atoms with Crippen LogP contribution in [0.25, 0.3) is 0 Å². The maximum absolute atomic E-state index is 8.63. The first-order valence-electron chi connectivity index (χ1n) is 2.34. The second kappa shape index (κ2) is 6.32. The molecule has 0 radical (unpaired) electrons. The van der Waals surface area contributed by atoms with Gasteiger partial charge in [-0.25, -0.2) is 0 Å². The van der Waals surface area contributed by atoms with Crippen LogP contribution in [0.1, 0.15) is 0 Å². The van der Waals surface area contributed by atoms with Crippen molar-refractivity contribution in [2.24, 2.45) is 0 Å². The zero-order valence-electron chi connectivity index (χ0n) is 4.74. The van der Waals surface area contributed by atoms with Crippen molar-refractivity contribution in [1.29, 1.82) is 0 Å². The van der Waals surface area contributed by atoms with Gasteiger partial charge in [0.1, 0.15) is 5.75 Å². The van der Waals surface area contributed by atoms with Gasteiger partial charge in [-0.1, -0.05) is 18.2 Å². The van der Waals surface area contributed by atoms with Gasteiger partial charge in [-0.15, -0.1) is 0 Å². The molecule has 9 heavy (non-hydrogen) atoms. The van der Waals surface area contributed by atoms with Gasteiger partial charge in [0.25, 0.3) is 0 Å². The van der Waals surface area contributed by atoms with E-state index >= 15 is 0 Å². The Labute approximate surface area is 81.1 Å². The Kier molecular flexibility index (Phi) is 6.46. The number of benzene rings is 1. The number of rotatable bonds is 0. The molecule has 46 valence electrons. The quantitative estimate of drug-likeness (QED) is 0.753. The van der Waals surface area contributed by atoms with Crippen molar-refractivity contribution < 1.29 is 45.8 Å². The fourth-order valence-electron chi connectivity index (χ4n) is 0.428. The van der Waals surface area contributed by atoms with Crippen LogP contribution in [0.15, 0.2) is 30.3 Å². The van der Waals surface area contributed by atoms with E-state index in [9.17, 15) is 0 Å². The van der Waals surface area contributed by atoms with Gasteiger partial charge in [-0.2, -0.15) is 0 Å². The predicted molar refractivity (Wildman–Crippen MR) is 28.8 cm³/mol. The van der Waals surface area contributed by atoms with Crippen molar-refractivity contribution in [3.63, 3.8) is 0 Å². The molecule has 0 spiro atoms. The summed E-state index contributed by atoms with van der Waals surface area (Å²) in [6.07, 6.45) is 0. The van der Waals surface area contributed by atoms with E-state index in [1.165, 1.54) is 0 Å². The number of aromatic hydroxyl groups is 1. The number of phenolic OH excluding ortho intramolecular Hbond substituents is 1. The fourth-order valence-corrected chi connectivity index (χ4v) is 0.428. The first kappa shape index (κ1) is 9.20. The third kappa shape index (κ3) is 4.68. The van der Waals surface area contributed by atoms with Gasteiger partial charge in [-0.05, 0) is 12.1 Å². The molecule has 1 N–H and O–H groups in total. The minimum absolute atomic E-state index is 0.0556. The fraction of sp³-hybridized carbons (Fsp3) is 0. The molecule has 0 fully saturated rings. The zero-order valence-corrected chi connectivity index (χ0v) is 7.88. The summed E-state index contributed by atoms with van der Waals surface area (Å²) in [5.41, 5.74) is 0. The molecule has 0 saturated carbocycles. The second-order valence-electron chi connectivity index (χ2n) is 1.34. The Morgan fingerprint density at radius 2 is 1.56 bits per heavy atom. The summed E-state index contributed by atoms with van der Waals surface area (Å²) in [5, 5.41) is 8.63. The Balaban J connectivity index is 0.000000291. The molecule has 0 saturated heterocycles. The van der Waals surface area contributed by atoms with Crippen LogP contribution in [-0.4, -0.2) is 5.11 Å². The van der Waals surface area contributed by atoms with Crippen LogP contribution in [0.5, 0.6) is 5.75 Å².